The van der Waals surface area contributed by atoms with Crippen LogP contribution in [-0.4, -0.2) is 12.4 Å². The number of aldehydes is 1. The van der Waals surface area contributed by atoms with Gasteiger partial charge in [0, 0.05) is 12.0 Å². The molecule has 19 heavy (non-hydrogen) atoms. The molecule has 0 saturated heterocycles. The Morgan fingerprint density at radius 1 is 1.47 bits per heavy atom. The molecular weight excluding hydrogens is 260 g/mol. The fourth-order valence-corrected chi connectivity index (χ4v) is 2.35. The Hall–Kier alpha value is -1.54. The Kier molecular flexibility index (Phi) is 4.80. The van der Waals surface area contributed by atoms with Crippen LogP contribution < -0.4 is 4.74 Å². The van der Waals surface area contributed by atoms with E-state index >= 15 is 0 Å². The van der Waals surface area contributed by atoms with Crippen LogP contribution in [0.4, 0.5) is 0 Å². The first-order valence-corrected chi connectivity index (χ1v) is 6.89. The molecule has 1 aliphatic carbocycles. The number of benzene rings is 1. The fourth-order valence-electron chi connectivity index (χ4n) is 2.09. The number of rotatable bonds is 5. The van der Waals surface area contributed by atoms with Gasteiger partial charge in [0.15, 0.2) is 6.29 Å². The first-order chi connectivity index (χ1) is 9.22. The van der Waals surface area contributed by atoms with E-state index in [1.807, 2.05) is 18.2 Å². The standard InChI is InChI=1S/C16H17ClO2/c1-2-4-12-5-3-6-14(9-12)19-15-8-7-13(11-18)16(17)10-15/h3,5-7,9-11,15H,2,4,8H2,1H3. The van der Waals surface area contributed by atoms with Crippen LogP contribution in [0.25, 0.3) is 0 Å². The summed E-state index contributed by atoms with van der Waals surface area (Å²) in [6.45, 7) is 2.16. The number of hydrogen-bond donors (Lipinski definition) is 0. The molecule has 2 nitrogen and oxygen atoms in total. The van der Waals surface area contributed by atoms with Crippen molar-refractivity contribution in [2.45, 2.75) is 32.3 Å². The van der Waals surface area contributed by atoms with Crippen molar-refractivity contribution in [3.63, 3.8) is 0 Å². The van der Waals surface area contributed by atoms with Gasteiger partial charge in [0.25, 0.3) is 0 Å². The van der Waals surface area contributed by atoms with Crippen molar-refractivity contribution in [3.05, 3.63) is 52.6 Å². The van der Waals surface area contributed by atoms with E-state index in [1.54, 1.807) is 6.08 Å². The van der Waals surface area contributed by atoms with Crippen molar-refractivity contribution in [2.75, 3.05) is 0 Å². The van der Waals surface area contributed by atoms with Crippen LogP contribution in [0.5, 0.6) is 5.75 Å². The van der Waals surface area contributed by atoms with E-state index in [9.17, 15) is 4.79 Å². The molecule has 0 bridgehead atoms. The second-order valence-corrected chi connectivity index (χ2v) is 4.99. The van der Waals surface area contributed by atoms with Crippen LogP contribution in [0.1, 0.15) is 25.3 Å². The minimum Gasteiger partial charge on any atom is -0.486 e. The molecular formula is C16H17ClO2. The van der Waals surface area contributed by atoms with Gasteiger partial charge in [-0.2, -0.15) is 0 Å². The monoisotopic (exact) mass is 276 g/mol. The predicted molar refractivity (Wildman–Crippen MR) is 77.6 cm³/mol. The van der Waals surface area contributed by atoms with Crippen molar-refractivity contribution in [1.82, 2.24) is 0 Å². The Morgan fingerprint density at radius 2 is 2.32 bits per heavy atom. The Labute approximate surface area is 118 Å². The molecule has 1 aromatic carbocycles. The maximum atomic E-state index is 10.7. The highest BCUT2D eigenvalue weighted by molar-refractivity contribution is 6.34. The third-order valence-electron chi connectivity index (χ3n) is 3.03. The minimum atomic E-state index is -0.104. The van der Waals surface area contributed by atoms with Gasteiger partial charge in [0.2, 0.25) is 0 Å². The van der Waals surface area contributed by atoms with Crippen LogP contribution in [0, 0.1) is 0 Å². The molecule has 0 aliphatic heterocycles. The number of carbonyl (C=O) groups excluding carboxylic acids is 1. The molecule has 0 spiro atoms. The van der Waals surface area contributed by atoms with Crippen LogP contribution in [0.3, 0.4) is 0 Å². The third-order valence-corrected chi connectivity index (χ3v) is 3.37. The molecule has 1 aromatic rings. The lowest BCUT2D eigenvalue weighted by Crippen LogP contribution is -2.16. The van der Waals surface area contributed by atoms with E-state index in [0.29, 0.717) is 17.0 Å². The smallest absolute Gasteiger partial charge is 0.151 e. The van der Waals surface area contributed by atoms with Crippen LogP contribution in [-0.2, 0) is 11.2 Å². The van der Waals surface area contributed by atoms with Crippen molar-refractivity contribution < 1.29 is 9.53 Å². The van der Waals surface area contributed by atoms with Gasteiger partial charge >= 0.3 is 0 Å². The second-order valence-electron chi connectivity index (χ2n) is 4.58. The van der Waals surface area contributed by atoms with Gasteiger partial charge in [0.05, 0.1) is 5.03 Å². The molecule has 0 saturated carbocycles. The van der Waals surface area contributed by atoms with Gasteiger partial charge in [-0.05, 0) is 30.2 Å². The molecule has 0 amide bonds. The molecule has 1 aliphatic rings. The molecule has 100 valence electrons. The molecule has 0 aromatic heterocycles. The van der Waals surface area contributed by atoms with Crippen molar-refractivity contribution in [3.8, 4) is 5.75 Å². The molecule has 0 N–H and O–H groups in total. The van der Waals surface area contributed by atoms with Gasteiger partial charge < -0.3 is 4.74 Å². The van der Waals surface area contributed by atoms with E-state index in [-0.39, 0.29) is 6.10 Å². The number of halogens is 1. The lowest BCUT2D eigenvalue weighted by atomic mass is 10.1. The molecule has 1 atom stereocenters. The lowest BCUT2D eigenvalue weighted by molar-refractivity contribution is -0.104. The Balaban J connectivity index is 2.05. The number of ether oxygens (including phenoxy) is 1. The van der Waals surface area contributed by atoms with E-state index < -0.39 is 0 Å². The zero-order chi connectivity index (χ0) is 13.7. The molecule has 1 unspecified atom stereocenters. The Morgan fingerprint density at radius 3 is 3.00 bits per heavy atom. The van der Waals surface area contributed by atoms with E-state index in [1.165, 1.54) is 5.56 Å². The van der Waals surface area contributed by atoms with Crippen LogP contribution in [0.15, 0.2) is 47.0 Å². The molecule has 0 heterocycles. The summed E-state index contributed by atoms with van der Waals surface area (Å²) in [4.78, 5) is 10.7. The summed E-state index contributed by atoms with van der Waals surface area (Å²) in [6.07, 6.45) is 7.11. The summed E-state index contributed by atoms with van der Waals surface area (Å²) in [5, 5.41) is 0.468. The van der Waals surface area contributed by atoms with Gasteiger partial charge in [-0.1, -0.05) is 43.2 Å². The topological polar surface area (TPSA) is 26.3 Å². The van der Waals surface area contributed by atoms with E-state index in [0.717, 1.165) is 24.9 Å². The maximum Gasteiger partial charge on any atom is 0.151 e. The van der Waals surface area contributed by atoms with Gasteiger partial charge in [-0.25, -0.2) is 0 Å². The van der Waals surface area contributed by atoms with Crippen LogP contribution >= 0.6 is 11.6 Å². The van der Waals surface area contributed by atoms with Gasteiger partial charge in [0.1, 0.15) is 11.9 Å². The number of aryl methyl sites for hydroxylation is 1. The van der Waals surface area contributed by atoms with Crippen molar-refractivity contribution >= 4 is 17.9 Å². The predicted octanol–water partition coefficient (Wildman–Crippen LogP) is 4.04. The first kappa shape index (κ1) is 13.9. The van der Waals surface area contributed by atoms with Gasteiger partial charge in [-0.3, -0.25) is 4.79 Å². The van der Waals surface area contributed by atoms with Crippen LogP contribution in [0.2, 0.25) is 0 Å². The zero-order valence-corrected chi connectivity index (χ0v) is 11.7. The summed E-state index contributed by atoms with van der Waals surface area (Å²) in [5.41, 5.74) is 1.82. The summed E-state index contributed by atoms with van der Waals surface area (Å²) in [6, 6.07) is 8.11. The molecule has 0 fully saturated rings. The fraction of sp³-hybridized carbons (Fsp3) is 0.312. The average Bonchev–Trinajstić information content (AvgIpc) is 2.40. The first-order valence-electron chi connectivity index (χ1n) is 6.51. The maximum absolute atomic E-state index is 10.7. The largest absolute Gasteiger partial charge is 0.486 e. The summed E-state index contributed by atoms with van der Waals surface area (Å²) < 4.78 is 5.88. The Bertz CT molecular complexity index is 517. The van der Waals surface area contributed by atoms with Gasteiger partial charge in [-0.15, -0.1) is 0 Å². The SMILES string of the molecule is CCCc1cccc(OC2C=C(Cl)C(C=O)=CC2)c1. The number of hydrogen-bond acceptors (Lipinski definition) is 2. The molecule has 3 heteroatoms. The molecule has 2 rings (SSSR count). The van der Waals surface area contributed by atoms with E-state index in [4.69, 9.17) is 16.3 Å². The average molecular weight is 277 g/mol. The van der Waals surface area contributed by atoms with E-state index in [2.05, 4.69) is 19.1 Å². The summed E-state index contributed by atoms with van der Waals surface area (Å²) in [7, 11) is 0. The minimum absolute atomic E-state index is 0.104. The third kappa shape index (κ3) is 3.71. The normalized spacial score (nSPS) is 18.5. The van der Waals surface area contributed by atoms with Crippen molar-refractivity contribution in [1.29, 1.82) is 0 Å². The summed E-state index contributed by atoms with van der Waals surface area (Å²) in [5.74, 6) is 0.847. The quantitative estimate of drug-likeness (QED) is 0.759. The molecule has 0 radical (unpaired) electrons. The zero-order valence-electron chi connectivity index (χ0n) is 10.9. The second kappa shape index (κ2) is 6.58. The highest BCUT2D eigenvalue weighted by Gasteiger charge is 2.15. The summed E-state index contributed by atoms with van der Waals surface area (Å²) >= 11 is 6.01. The number of carbonyl (C=O) groups is 1. The number of allylic oxidation sites excluding steroid dienone is 2. The van der Waals surface area contributed by atoms with Crippen molar-refractivity contribution in [2.24, 2.45) is 0 Å². The highest BCUT2D eigenvalue weighted by atomic mass is 35.5. The lowest BCUT2D eigenvalue weighted by Gasteiger charge is -2.19. The highest BCUT2D eigenvalue weighted by Crippen LogP contribution is 2.24.